The van der Waals surface area contributed by atoms with Crippen molar-refractivity contribution in [2.75, 3.05) is 18.1 Å². The van der Waals surface area contributed by atoms with E-state index in [1.165, 1.54) is 6.07 Å². The van der Waals surface area contributed by atoms with Crippen LogP contribution in [0.15, 0.2) is 36.4 Å². The molecule has 2 aromatic rings. The summed E-state index contributed by atoms with van der Waals surface area (Å²) in [5.41, 5.74) is -4.69. The lowest BCUT2D eigenvalue weighted by Gasteiger charge is -2.40. The first-order valence-electron chi connectivity index (χ1n) is 7.74. The quantitative estimate of drug-likeness (QED) is 0.418. The summed E-state index contributed by atoms with van der Waals surface area (Å²) in [5.74, 6) is -1.04. The van der Waals surface area contributed by atoms with Gasteiger partial charge in [-0.05, 0) is 30.3 Å². The zero-order valence-corrected chi connectivity index (χ0v) is 14.6. The third-order valence-electron chi connectivity index (χ3n) is 4.29. The molecule has 11 heteroatoms. The van der Waals surface area contributed by atoms with Gasteiger partial charge in [-0.2, -0.15) is 18.4 Å². The summed E-state index contributed by atoms with van der Waals surface area (Å²) in [5, 5.41) is 19.2. The van der Waals surface area contributed by atoms with Crippen LogP contribution in [0.5, 0.6) is 0 Å². The summed E-state index contributed by atoms with van der Waals surface area (Å²) in [6.45, 7) is -0.690. The average Bonchev–Trinajstić information content (AvgIpc) is 3.06. The topological polar surface area (TPSA) is 79.4 Å². The van der Waals surface area contributed by atoms with E-state index in [0.29, 0.717) is 4.90 Å². The predicted octanol–water partition coefficient (Wildman–Crippen LogP) is 4.51. The standard InChI is InChI=1S/C17H10ClF4N3O3/c18-12-8-11(2-4-14(12)25(26)27)16(17(20,21)22)24(5-6-28-16)15-3-1-10(9-23)7-13(15)19/h1-4,7-8H,5-6H2. The fraction of sp³-hybridized carbons (Fsp3) is 0.235. The molecular weight excluding hydrogens is 406 g/mol. The van der Waals surface area contributed by atoms with E-state index in [-0.39, 0.29) is 18.7 Å². The molecule has 1 atom stereocenters. The number of nitriles is 1. The number of rotatable bonds is 3. The van der Waals surface area contributed by atoms with Gasteiger partial charge in [0, 0.05) is 18.2 Å². The van der Waals surface area contributed by atoms with Gasteiger partial charge in [-0.15, -0.1) is 0 Å². The summed E-state index contributed by atoms with van der Waals surface area (Å²) < 4.78 is 62.1. The minimum absolute atomic E-state index is 0.0580. The second kappa shape index (κ2) is 6.92. The lowest BCUT2D eigenvalue weighted by Crippen LogP contribution is -2.54. The second-order valence-electron chi connectivity index (χ2n) is 5.84. The van der Waals surface area contributed by atoms with Crippen LogP contribution in [0.1, 0.15) is 11.1 Å². The Hall–Kier alpha value is -2.90. The fourth-order valence-electron chi connectivity index (χ4n) is 3.11. The molecule has 3 rings (SSSR count). The van der Waals surface area contributed by atoms with E-state index in [9.17, 15) is 27.7 Å². The van der Waals surface area contributed by atoms with E-state index in [4.69, 9.17) is 21.6 Å². The van der Waals surface area contributed by atoms with Gasteiger partial charge in [0.25, 0.3) is 11.4 Å². The molecule has 1 aliphatic rings. The Morgan fingerprint density at radius 2 is 2.00 bits per heavy atom. The number of hydrogen-bond donors (Lipinski definition) is 0. The minimum Gasteiger partial charge on any atom is -0.342 e. The van der Waals surface area contributed by atoms with Gasteiger partial charge in [-0.1, -0.05) is 11.6 Å². The van der Waals surface area contributed by atoms with E-state index in [0.717, 1.165) is 30.3 Å². The normalized spacial score (nSPS) is 19.5. The molecule has 0 aromatic heterocycles. The van der Waals surface area contributed by atoms with Gasteiger partial charge in [0.15, 0.2) is 0 Å². The van der Waals surface area contributed by atoms with Gasteiger partial charge in [-0.3, -0.25) is 10.1 Å². The molecule has 0 amide bonds. The van der Waals surface area contributed by atoms with Crippen molar-refractivity contribution < 1.29 is 27.2 Å². The number of alkyl halides is 3. The van der Waals surface area contributed by atoms with Crippen molar-refractivity contribution in [3.05, 3.63) is 68.5 Å². The Morgan fingerprint density at radius 1 is 1.29 bits per heavy atom. The van der Waals surface area contributed by atoms with Crippen LogP contribution in [0.3, 0.4) is 0 Å². The van der Waals surface area contributed by atoms with Crippen LogP contribution in [-0.4, -0.2) is 24.3 Å². The van der Waals surface area contributed by atoms with Gasteiger partial charge in [0.2, 0.25) is 0 Å². The van der Waals surface area contributed by atoms with Gasteiger partial charge in [0.1, 0.15) is 10.8 Å². The van der Waals surface area contributed by atoms with Crippen LogP contribution in [0, 0.1) is 27.3 Å². The maximum Gasteiger partial charge on any atom is 0.441 e. The molecule has 0 bridgehead atoms. The van der Waals surface area contributed by atoms with Crippen LogP contribution in [0.4, 0.5) is 28.9 Å². The average molecular weight is 416 g/mol. The van der Waals surface area contributed by atoms with Gasteiger partial charge in [-0.25, -0.2) is 4.39 Å². The molecule has 1 fully saturated rings. The van der Waals surface area contributed by atoms with Crippen LogP contribution >= 0.6 is 11.6 Å². The summed E-state index contributed by atoms with van der Waals surface area (Å²) in [4.78, 5) is 10.7. The number of nitro groups is 1. The number of hydrogen-bond acceptors (Lipinski definition) is 5. The van der Waals surface area contributed by atoms with Crippen molar-refractivity contribution in [2.45, 2.75) is 11.9 Å². The molecule has 0 N–H and O–H groups in total. The van der Waals surface area contributed by atoms with Crippen LogP contribution < -0.4 is 4.90 Å². The molecule has 1 unspecified atom stereocenters. The van der Waals surface area contributed by atoms with Gasteiger partial charge < -0.3 is 9.64 Å². The Balaban J connectivity index is 2.21. The number of nitro benzene ring substituents is 1. The fourth-order valence-corrected chi connectivity index (χ4v) is 3.36. The molecule has 1 saturated heterocycles. The highest BCUT2D eigenvalue weighted by Gasteiger charge is 2.64. The molecule has 0 saturated carbocycles. The lowest BCUT2D eigenvalue weighted by molar-refractivity contribution is -0.384. The monoisotopic (exact) mass is 415 g/mol. The van der Waals surface area contributed by atoms with Crippen molar-refractivity contribution in [2.24, 2.45) is 0 Å². The first-order valence-corrected chi connectivity index (χ1v) is 8.12. The summed E-state index contributed by atoms with van der Waals surface area (Å²) in [6.07, 6.45) is -5.04. The highest BCUT2D eigenvalue weighted by atomic mass is 35.5. The van der Waals surface area contributed by atoms with E-state index in [1.807, 2.05) is 0 Å². The number of anilines is 1. The molecule has 1 aliphatic heterocycles. The Labute approximate surface area is 160 Å². The van der Waals surface area contributed by atoms with E-state index in [1.54, 1.807) is 6.07 Å². The van der Waals surface area contributed by atoms with Gasteiger partial charge in [0.05, 0.1) is 28.9 Å². The number of benzene rings is 2. The molecule has 0 radical (unpaired) electrons. The zero-order chi connectivity index (χ0) is 20.7. The third kappa shape index (κ3) is 3.02. The molecule has 0 spiro atoms. The zero-order valence-electron chi connectivity index (χ0n) is 13.8. The molecule has 146 valence electrons. The minimum atomic E-state index is -5.04. The highest BCUT2D eigenvalue weighted by Crippen LogP contribution is 2.50. The molecular formula is C17H10ClF4N3O3. The molecule has 28 heavy (non-hydrogen) atoms. The largest absolute Gasteiger partial charge is 0.441 e. The second-order valence-corrected chi connectivity index (χ2v) is 6.25. The van der Waals surface area contributed by atoms with Crippen molar-refractivity contribution in [1.82, 2.24) is 0 Å². The number of ether oxygens (including phenoxy) is 1. The predicted molar refractivity (Wildman–Crippen MR) is 90.3 cm³/mol. The van der Waals surface area contributed by atoms with Crippen molar-refractivity contribution in [3.63, 3.8) is 0 Å². The van der Waals surface area contributed by atoms with Gasteiger partial charge >= 0.3 is 6.18 Å². The van der Waals surface area contributed by atoms with Crippen LogP contribution in [-0.2, 0) is 10.5 Å². The summed E-state index contributed by atoms with van der Waals surface area (Å²) in [6, 6.07) is 7.24. The highest BCUT2D eigenvalue weighted by molar-refractivity contribution is 6.32. The van der Waals surface area contributed by atoms with Crippen molar-refractivity contribution in [1.29, 1.82) is 5.26 Å². The van der Waals surface area contributed by atoms with E-state index in [2.05, 4.69) is 0 Å². The lowest BCUT2D eigenvalue weighted by atomic mass is 9.99. The maximum absolute atomic E-state index is 14.5. The number of nitrogens with zero attached hydrogens (tertiary/aromatic N) is 3. The van der Waals surface area contributed by atoms with E-state index >= 15 is 0 Å². The van der Waals surface area contributed by atoms with Crippen molar-refractivity contribution >= 4 is 23.0 Å². The Morgan fingerprint density at radius 3 is 2.54 bits per heavy atom. The van der Waals surface area contributed by atoms with Crippen molar-refractivity contribution in [3.8, 4) is 6.07 Å². The molecule has 2 aromatic carbocycles. The van der Waals surface area contributed by atoms with E-state index < -0.39 is 44.6 Å². The first-order chi connectivity index (χ1) is 13.1. The van der Waals surface area contributed by atoms with Crippen LogP contribution in [0.25, 0.3) is 0 Å². The smallest absolute Gasteiger partial charge is 0.342 e. The molecule has 0 aliphatic carbocycles. The first kappa shape index (κ1) is 19.9. The molecule has 1 heterocycles. The molecule has 6 nitrogen and oxygen atoms in total. The third-order valence-corrected chi connectivity index (χ3v) is 4.60. The summed E-state index contributed by atoms with van der Waals surface area (Å²) >= 11 is 5.79. The Bertz CT molecular complexity index is 993. The SMILES string of the molecule is N#Cc1ccc(N2CCOC2(c2ccc([N+](=O)[O-])c(Cl)c2)C(F)(F)F)c(F)c1. The summed E-state index contributed by atoms with van der Waals surface area (Å²) in [7, 11) is 0. The Kier molecular flexibility index (Phi) is 4.91. The van der Waals surface area contributed by atoms with Crippen LogP contribution in [0.2, 0.25) is 5.02 Å². The maximum atomic E-state index is 14.5. The number of halogens is 5.